The summed E-state index contributed by atoms with van der Waals surface area (Å²) in [5, 5.41) is 6.66. The molecule has 2 aromatic rings. The van der Waals surface area contributed by atoms with E-state index in [-0.39, 0.29) is 5.91 Å². The molecule has 21 heavy (non-hydrogen) atoms. The molecule has 0 bridgehead atoms. The monoisotopic (exact) mass is 303 g/mol. The standard InChI is InChI=1S/C16H18ClN3O/c1-11(2)9-18-14-7-8-15(19-10-14)16(21)20-13-5-3-12(17)4-6-13/h3-8,10-11,18H,9H2,1-2H3,(H,20,21). The van der Waals surface area contributed by atoms with Crippen molar-refractivity contribution in [2.75, 3.05) is 17.2 Å². The van der Waals surface area contributed by atoms with Crippen LogP contribution in [0.5, 0.6) is 0 Å². The quantitative estimate of drug-likeness (QED) is 0.876. The molecule has 1 aromatic carbocycles. The predicted octanol–water partition coefficient (Wildman–Crippen LogP) is 4.06. The molecule has 0 radical (unpaired) electrons. The number of hydrogen-bond donors (Lipinski definition) is 2. The van der Waals surface area contributed by atoms with Gasteiger partial charge in [-0.1, -0.05) is 25.4 Å². The minimum absolute atomic E-state index is 0.243. The van der Waals surface area contributed by atoms with Crippen molar-refractivity contribution in [3.8, 4) is 0 Å². The highest BCUT2D eigenvalue weighted by molar-refractivity contribution is 6.30. The van der Waals surface area contributed by atoms with Gasteiger partial charge >= 0.3 is 0 Å². The Bertz CT molecular complexity index is 594. The third-order valence-electron chi connectivity index (χ3n) is 2.81. The second-order valence-corrected chi connectivity index (χ2v) is 5.60. The largest absolute Gasteiger partial charge is 0.384 e. The third kappa shape index (κ3) is 4.76. The van der Waals surface area contributed by atoms with E-state index >= 15 is 0 Å². The summed E-state index contributed by atoms with van der Waals surface area (Å²) in [6.07, 6.45) is 1.67. The molecular weight excluding hydrogens is 286 g/mol. The lowest BCUT2D eigenvalue weighted by molar-refractivity contribution is 0.102. The van der Waals surface area contributed by atoms with Crippen LogP contribution in [-0.4, -0.2) is 17.4 Å². The van der Waals surface area contributed by atoms with Gasteiger partial charge in [0, 0.05) is 17.3 Å². The average Bonchev–Trinajstić information content (AvgIpc) is 2.48. The number of anilines is 2. The maximum Gasteiger partial charge on any atom is 0.274 e. The predicted molar refractivity (Wildman–Crippen MR) is 87.0 cm³/mol. The van der Waals surface area contributed by atoms with E-state index in [2.05, 4.69) is 29.5 Å². The zero-order valence-electron chi connectivity index (χ0n) is 12.1. The Kier molecular flexibility index (Phi) is 5.17. The van der Waals surface area contributed by atoms with Crippen LogP contribution >= 0.6 is 11.6 Å². The van der Waals surface area contributed by atoms with E-state index in [4.69, 9.17) is 11.6 Å². The lowest BCUT2D eigenvalue weighted by Crippen LogP contribution is -2.14. The van der Waals surface area contributed by atoms with Gasteiger partial charge in [-0.25, -0.2) is 4.98 Å². The third-order valence-corrected chi connectivity index (χ3v) is 3.06. The molecule has 4 nitrogen and oxygen atoms in total. The lowest BCUT2D eigenvalue weighted by atomic mass is 10.2. The number of aromatic nitrogens is 1. The molecule has 5 heteroatoms. The van der Waals surface area contributed by atoms with E-state index in [0.29, 0.717) is 22.3 Å². The molecule has 0 spiro atoms. The van der Waals surface area contributed by atoms with Crippen molar-refractivity contribution in [2.45, 2.75) is 13.8 Å². The maximum absolute atomic E-state index is 12.0. The number of nitrogens with zero attached hydrogens (tertiary/aromatic N) is 1. The van der Waals surface area contributed by atoms with Crippen LogP contribution in [0.2, 0.25) is 5.02 Å². The number of benzene rings is 1. The second kappa shape index (κ2) is 7.09. The zero-order chi connectivity index (χ0) is 15.2. The van der Waals surface area contributed by atoms with Crippen molar-refractivity contribution in [3.05, 3.63) is 53.3 Å². The molecule has 1 amide bonds. The molecule has 0 fully saturated rings. The first-order chi connectivity index (χ1) is 10.0. The minimum Gasteiger partial charge on any atom is -0.384 e. The Morgan fingerprint density at radius 1 is 1.14 bits per heavy atom. The molecule has 0 saturated heterocycles. The highest BCUT2D eigenvalue weighted by Crippen LogP contribution is 2.14. The summed E-state index contributed by atoms with van der Waals surface area (Å²) in [4.78, 5) is 16.2. The fourth-order valence-corrected chi connectivity index (χ4v) is 1.81. The summed E-state index contributed by atoms with van der Waals surface area (Å²) in [6.45, 7) is 5.14. The van der Waals surface area contributed by atoms with Crippen molar-refractivity contribution in [2.24, 2.45) is 5.92 Å². The second-order valence-electron chi connectivity index (χ2n) is 5.17. The van der Waals surface area contributed by atoms with E-state index in [1.165, 1.54) is 0 Å². The fourth-order valence-electron chi connectivity index (χ4n) is 1.68. The lowest BCUT2D eigenvalue weighted by Gasteiger charge is -2.09. The first-order valence-electron chi connectivity index (χ1n) is 6.81. The van der Waals surface area contributed by atoms with Gasteiger partial charge in [-0.2, -0.15) is 0 Å². The van der Waals surface area contributed by atoms with Crippen molar-refractivity contribution in [3.63, 3.8) is 0 Å². The average molecular weight is 304 g/mol. The van der Waals surface area contributed by atoms with Crippen molar-refractivity contribution < 1.29 is 4.79 Å². The molecule has 0 aliphatic heterocycles. The van der Waals surface area contributed by atoms with Crippen LogP contribution in [-0.2, 0) is 0 Å². The molecule has 1 heterocycles. The Balaban J connectivity index is 1.97. The van der Waals surface area contributed by atoms with Crippen molar-refractivity contribution >= 4 is 28.9 Å². The maximum atomic E-state index is 12.0. The van der Waals surface area contributed by atoms with Gasteiger partial charge in [0.2, 0.25) is 0 Å². The van der Waals surface area contributed by atoms with Crippen LogP contribution in [0.25, 0.3) is 0 Å². The van der Waals surface area contributed by atoms with Crippen LogP contribution in [0.3, 0.4) is 0 Å². The van der Waals surface area contributed by atoms with E-state index in [0.717, 1.165) is 12.2 Å². The molecule has 0 aliphatic rings. The van der Waals surface area contributed by atoms with E-state index in [9.17, 15) is 4.79 Å². The van der Waals surface area contributed by atoms with Gasteiger partial charge < -0.3 is 10.6 Å². The summed E-state index contributed by atoms with van der Waals surface area (Å²) in [5.74, 6) is 0.311. The number of pyridine rings is 1. The van der Waals surface area contributed by atoms with Gasteiger partial charge in [0.1, 0.15) is 5.69 Å². The van der Waals surface area contributed by atoms with E-state index in [1.54, 1.807) is 36.5 Å². The van der Waals surface area contributed by atoms with Gasteiger partial charge in [-0.3, -0.25) is 4.79 Å². The highest BCUT2D eigenvalue weighted by atomic mass is 35.5. The van der Waals surface area contributed by atoms with Crippen molar-refractivity contribution in [1.82, 2.24) is 4.98 Å². The molecule has 0 atom stereocenters. The Labute approximate surface area is 129 Å². The van der Waals surface area contributed by atoms with Gasteiger partial charge in [-0.15, -0.1) is 0 Å². The number of carbonyl (C=O) groups is 1. The van der Waals surface area contributed by atoms with Crippen LogP contribution in [0.15, 0.2) is 42.6 Å². The molecule has 2 rings (SSSR count). The van der Waals surface area contributed by atoms with Gasteiger partial charge in [0.25, 0.3) is 5.91 Å². The summed E-state index contributed by atoms with van der Waals surface area (Å²) in [7, 11) is 0. The zero-order valence-corrected chi connectivity index (χ0v) is 12.8. The molecule has 1 aromatic heterocycles. The number of hydrogen-bond acceptors (Lipinski definition) is 3. The van der Waals surface area contributed by atoms with E-state index < -0.39 is 0 Å². The molecule has 0 aliphatic carbocycles. The van der Waals surface area contributed by atoms with Crippen LogP contribution in [0.4, 0.5) is 11.4 Å². The number of amides is 1. The van der Waals surface area contributed by atoms with Crippen molar-refractivity contribution in [1.29, 1.82) is 0 Å². The Morgan fingerprint density at radius 3 is 2.38 bits per heavy atom. The molecule has 2 N–H and O–H groups in total. The van der Waals surface area contributed by atoms with Crippen LogP contribution in [0.1, 0.15) is 24.3 Å². The SMILES string of the molecule is CC(C)CNc1ccc(C(=O)Nc2ccc(Cl)cc2)nc1. The Morgan fingerprint density at radius 2 is 1.81 bits per heavy atom. The summed E-state index contributed by atoms with van der Waals surface area (Å²) >= 11 is 5.80. The smallest absolute Gasteiger partial charge is 0.274 e. The van der Waals surface area contributed by atoms with E-state index in [1.807, 2.05) is 6.07 Å². The van der Waals surface area contributed by atoms with Gasteiger partial charge in [0.05, 0.1) is 11.9 Å². The number of rotatable bonds is 5. The first-order valence-corrected chi connectivity index (χ1v) is 7.19. The Hall–Kier alpha value is -2.07. The summed E-state index contributed by atoms with van der Waals surface area (Å²) in [5.41, 5.74) is 1.97. The topological polar surface area (TPSA) is 54.0 Å². The summed E-state index contributed by atoms with van der Waals surface area (Å²) < 4.78 is 0. The molecular formula is C16H18ClN3O. The number of carbonyl (C=O) groups excluding carboxylic acids is 1. The molecule has 110 valence electrons. The first kappa shape index (κ1) is 15.3. The van der Waals surface area contributed by atoms with Crippen LogP contribution < -0.4 is 10.6 Å². The van der Waals surface area contributed by atoms with Crippen LogP contribution in [0, 0.1) is 5.92 Å². The molecule has 0 unspecified atom stereocenters. The molecule has 0 saturated carbocycles. The fraction of sp³-hybridized carbons (Fsp3) is 0.250. The number of halogens is 1. The highest BCUT2D eigenvalue weighted by Gasteiger charge is 2.07. The minimum atomic E-state index is -0.243. The van der Waals surface area contributed by atoms with Gasteiger partial charge in [-0.05, 0) is 42.3 Å². The normalized spacial score (nSPS) is 10.5. The van der Waals surface area contributed by atoms with Gasteiger partial charge in [0.15, 0.2) is 0 Å². The number of nitrogens with one attached hydrogen (secondary N) is 2. The summed E-state index contributed by atoms with van der Waals surface area (Å²) in [6, 6.07) is 10.5.